The number of carbonyl (C=O) groups is 1. The second kappa shape index (κ2) is 13.3. The van der Waals surface area contributed by atoms with Gasteiger partial charge in [0.1, 0.15) is 11.5 Å². The first kappa shape index (κ1) is 28.2. The molecule has 9 heteroatoms. The molecular formula is C28H29F3O5S. The van der Waals surface area contributed by atoms with Gasteiger partial charge in [-0.3, -0.25) is 4.79 Å². The molecule has 3 aromatic rings. The molecule has 3 rings (SSSR count). The molecule has 0 spiro atoms. The fourth-order valence-electron chi connectivity index (χ4n) is 3.60. The Balaban J connectivity index is 1.62. The molecule has 3 aromatic carbocycles. The molecule has 0 saturated heterocycles. The Morgan fingerprint density at radius 3 is 2.41 bits per heavy atom. The SMILES string of the molecule is CCc1cc(SCCC(C)Oc2ccc(OC(F)(F)F)cc2Oc2ccccc2)ccc1CCC(=O)O. The number of aliphatic carboxylic acids is 1. The van der Waals surface area contributed by atoms with Gasteiger partial charge in [0, 0.05) is 23.1 Å². The van der Waals surface area contributed by atoms with Gasteiger partial charge in [-0.1, -0.05) is 31.2 Å². The number of carboxylic acid groups (broad SMARTS) is 1. The van der Waals surface area contributed by atoms with Gasteiger partial charge in [0.2, 0.25) is 0 Å². The molecule has 198 valence electrons. The van der Waals surface area contributed by atoms with Crippen LogP contribution in [0, 0.1) is 0 Å². The van der Waals surface area contributed by atoms with E-state index in [0.29, 0.717) is 24.3 Å². The summed E-state index contributed by atoms with van der Waals surface area (Å²) in [5.74, 6) is 0.437. The summed E-state index contributed by atoms with van der Waals surface area (Å²) in [6, 6.07) is 18.6. The van der Waals surface area contributed by atoms with Crippen molar-refractivity contribution >= 4 is 17.7 Å². The van der Waals surface area contributed by atoms with Gasteiger partial charge in [-0.15, -0.1) is 24.9 Å². The zero-order chi connectivity index (χ0) is 26.8. The Kier molecular flexibility index (Phi) is 10.1. The minimum absolute atomic E-state index is 0.105. The highest BCUT2D eigenvalue weighted by Crippen LogP contribution is 2.37. The number of ether oxygens (including phenoxy) is 3. The Labute approximate surface area is 218 Å². The first-order valence-corrected chi connectivity index (χ1v) is 12.9. The van der Waals surface area contributed by atoms with Crippen LogP contribution in [0.15, 0.2) is 71.6 Å². The van der Waals surface area contributed by atoms with Crippen LogP contribution in [0.2, 0.25) is 0 Å². The Hall–Kier alpha value is -3.33. The first-order chi connectivity index (χ1) is 17.6. The van der Waals surface area contributed by atoms with Gasteiger partial charge in [-0.2, -0.15) is 0 Å². The van der Waals surface area contributed by atoms with Crippen LogP contribution in [-0.2, 0) is 17.6 Å². The van der Waals surface area contributed by atoms with Gasteiger partial charge in [0.25, 0.3) is 0 Å². The first-order valence-electron chi connectivity index (χ1n) is 11.9. The number of hydrogen-bond donors (Lipinski definition) is 1. The molecule has 0 aliphatic carbocycles. The average Bonchev–Trinajstić information content (AvgIpc) is 2.84. The van der Waals surface area contributed by atoms with E-state index in [0.717, 1.165) is 34.3 Å². The van der Waals surface area contributed by atoms with E-state index in [2.05, 4.69) is 10.8 Å². The predicted molar refractivity (Wildman–Crippen MR) is 137 cm³/mol. The molecule has 1 atom stereocenters. The molecule has 0 saturated carbocycles. The smallest absolute Gasteiger partial charge is 0.487 e. The number of carboxylic acids is 1. The fraction of sp³-hybridized carbons (Fsp3) is 0.321. The molecule has 0 radical (unpaired) electrons. The Morgan fingerprint density at radius 1 is 0.973 bits per heavy atom. The minimum Gasteiger partial charge on any atom is -0.487 e. The van der Waals surface area contributed by atoms with Crippen LogP contribution >= 0.6 is 11.8 Å². The topological polar surface area (TPSA) is 65.0 Å². The maximum absolute atomic E-state index is 12.7. The van der Waals surface area contributed by atoms with Crippen molar-refractivity contribution in [1.82, 2.24) is 0 Å². The lowest BCUT2D eigenvalue weighted by molar-refractivity contribution is -0.274. The predicted octanol–water partition coefficient (Wildman–Crippen LogP) is 7.91. The van der Waals surface area contributed by atoms with E-state index in [4.69, 9.17) is 14.6 Å². The summed E-state index contributed by atoms with van der Waals surface area (Å²) in [5, 5.41) is 8.94. The van der Waals surface area contributed by atoms with Crippen LogP contribution in [0.1, 0.15) is 37.8 Å². The molecule has 5 nitrogen and oxygen atoms in total. The van der Waals surface area contributed by atoms with Crippen LogP contribution in [0.3, 0.4) is 0 Å². The zero-order valence-electron chi connectivity index (χ0n) is 20.6. The summed E-state index contributed by atoms with van der Waals surface area (Å²) in [7, 11) is 0. The zero-order valence-corrected chi connectivity index (χ0v) is 21.4. The normalized spacial score (nSPS) is 12.1. The number of alkyl halides is 3. The third-order valence-electron chi connectivity index (χ3n) is 5.41. The summed E-state index contributed by atoms with van der Waals surface area (Å²) >= 11 is 1.66. The van der Waals surface area contributed by atoms with Crippen molar-refractivity contribution in [3.63, 3.8) is 0 Å². The van der Waals surface area contributed by atoms with E-state index in [9.17, 15) is 18.0 Å². The minimum atomic E-state index is -4.82. The van der Waals surface area contributed by atoms with Crippen LogP contribution in [0.4, 0.5) is 13.2 Å². The van der Waals surface area contributed by atoms with Crippen molar-refractivity contribution in [1.29, 1.82) is 0 Å². The second-order valence-corrected chi connectivity index (χ2v) is 9.48. The summed E-state index contributed by atoms with van der Waals surface area (Å²) in [5.41, 5.74) is 2.19. The molecule has 0 bridgehead atoms. The maximum atomic E-state index is 12.7. The Morgan fingerprint density at radius 2 is 1.73 bits per heavy atom. The van der Waals surface area contributed by atoms with Crippen molar-refractivity contribution in [2.45, 2.75) is 56.9 Å². The van der Waals surface area contributed by atoms with Crippen molar-refractivity contribution in [2.24, 2.45) is 0 Å². The summed E-state index contributed by atoms with van der Waals surface area (Å²) in [6.07, 6.45) is -2.94. The van der Waals surface area contributed by atoms with E-state index < -0.39 is 18.1 Å². The Bertz CT molecular complexity index is 1170. The molecule has 0 aromatic heterocycles. The lowest BCUT2D eigenvalue weighted by Gasteiger charge is -2.19. The largest absolute Gasteiger partial charge is 0.573 e. The van der Waals surface area contributed by atoms with Gasteiger partial charge in [-0.05, 0) is 73.7 Å². The number of rotatable bonds is 13. The number of benzene rings is 3. The number of para-hydroxylation sites is 1. The van der Waals surface area contributed by atoms with Gasteiger partial charge in [0.15, 0.2) is 11.5 Å². The van der Waals surface area contributed by atoms with E-state index in [1.807, 2.05) is 26.0 Å². The van der Waals surface area contributed by atoms with E-state index in [1.54, 1.807) is 42.1 Å². The molecule has 0 aliphatic heterocycles. The second-order valence-electron chi connectivity index (χ2n) is 8.31. The van der Waals surface area contributed by atoms with E-state index >= 15 is 0 Å². The molecule has 0 fully saturated rings. The van der Waals surface area contributed by atoms with E-state index in [-0.39, 0.29) is 18.3 Å². The highest BCUT2D eigenvalue weighted by atomic mass is 32.2. The quantitative estimate of drug-likeness (QED) is 0.225. The third kappa shape index (κ3) is 9.57. The van der Waals surface area contributed by atoms with Crippen LogP contribution in [0.25, 0.3) is 0 Å². The highest BCUT2D eigenvalue weighted by molar-refractivity contribution is 7.99. The van der Waals surface area contributed by atoms with Gasteiger partial charge in [0.05, 0.1) is 6.10 Å². The molecule has 1 unspecified atom stereocenters. The van der Waals surface area contributed by atoms with Crippen LogP contribution < -0.4 is 14.2 Å². The summed E-state index contributed by atoms with van der Waals surface area (Å²) in [4.78, 5) is 12.0. The van der Waals surface area contributed by atoms with Crippen molar-refractivity contribution in [2.75, 3.05) is 5.75 Å². The molecule has 1 N–H and O–H groups in total. The highest BCUT2D eigenvalue weighted by Gasteiger charge is 2.31. The van der Waals surface area contributed by atoms with Crippen molar-refractivity contribution < 1.29 is 37.3 Å². The number of thioether (sulfide) groups is 1. The number of aryl methyl sites for hydroxylation is 2. The fourth-order valence-corrected chi connectivity index (χ4v) is 4.68. The van der Waals surface area contributed by atoms with Crippen LogP contribution in [0.5, 0.6) is 23.0 Å². The van der Waals surface area contributed by atoms with Gasteiger partial charge >= 0.3 is 12.3 Å². The average molecular weight is 535 g/mol. The standard InChI is InChI=1S/C28H29F3O5S/c1-3-20-17-24(12-9-21(20)10-14-27(32)33)37-16-15-19(2)34-25-13-11-23(36-28(29,30)31)18-26(25)35-22-7-5-4-6-8-22/h4-9,11-13,17-19H,3,10,14-16H2,1-2H3,(H,32,33). The summed E-state index contributed by atoms with van der Waals surface area (Å²) in [6.45, 7) is 3.93. The molecule has 37 heavy (non-hydrogen) atoms. The molecule has 0 amide bonds. The molecule has 0 aliphatic rings. The van der Waals surface area contributed by atoms with Crippen LogP contribution in [-0.4, -0.2) is 29.3 Å². The molecule has 0 heterocycles. The molecular weight excluding hydrogens is 505 g/mol. The third-order valence-corrected chi connectivity index (χ3v) is 6.43. The van der Waals surface area contributed by atoms with E-state index in [1.165, 1.54) is 12.1 Å². The summed E-state index contributed by atoms with van der Waals surface area (Å²) < 4.78 is 54.0. The van der Waals surface area contributed by atoms with Gasteiger partial charge in [-0.25, -0.2) is 0 Å². The van der Waals surface area contributed by atoms with Gasteiger partial charge < -0.3 is 19.3 Å². The number of halogens is 3. The maximum Gasteiger partial charge on any atom is 0.573 e. The lowest BCUT2D eigenvalue weighted by Crippen LogP contribution is -2.17. The number of hydrogen-bond acceptors (Lipinski definition) is 5. The van der Waals surface area contributed by atoms with Crippen molar-refractivity contribution in [3.05, 3.63) is 77.9 Å². The lowest BCUT2D eigenvalue weighted by atomic mass is 10.0. The monoisotopic (exact) mass is 534 g/mol. The van der Waals surface area contributed by atoms with Crippen molar-refractivity contribution in [3.8, 4) is 23.0 Å².